The average Bonchev–Trinajstić information content (AvgIpc) is 2.47. The molecule has 26 heavy (non-hydrogen) atoms. The van der Waals surface area contributed by atoms with Crippen LogP contribution in [0.15, 0.2) is 58.3 Å². The van der Waals surface area contributed by atoms with Crippen molar-refractivity contribution in [1.29, 1.82) is 5.26 Å². The molecule has 0 aliphatic heterocycles. The monoisotopic (exact) mass is 489 g/mol. The predicted molar refractivity (Wildman–Crippen MR) is 89.6 cm³/mol. The van der Waals surface area contributed by atoms with E-state index in [1.165, 1.54) is 31.2 Å². The Bertz CT molecular complexity index is 843. The number of rotatable bonds is 2. The van der Waals surface area contributed by atoms with Gasteiger partial charge in [-0.25, -0.2) is 16.8 Å². The molecule has 0 N–H and O–H groups in total. The number of hydrogen-bond donors (Lipinski definition) is 0. The van der Waals surface area contributed by atoms with Gasteiger partial charge in [0.1, 0.15) is 20.2 Å². The van der Waals surface area contributed by atoms with Crippen LogP contribution < -0.4 is 0 Å². The molecule has 0 aliphatic rings. The van der Waals surface area contributed by atoms with E-state index in [9.17, 15) is 25.9 Å². The van der Waals surface area contributed by atoms with Crippen LogP contribution in [0.4, 0.5) is 0 Å². The largest absolute Gasteiger partial charge is 2.00 e. The summed E-state index contributed by atoms with van der Waals surface area (Å²) in [5.74, 6) is 0. The fourth-order valence-corrected chi connectivity index (χ4v) is 2.35. The van der Waals surface area contributed by atoms with Gasteiger partial charge in [0.2, 0.25) is 0 Å². The van der Waals surface area contributed by atoms with Gasteiger partial charge >= 0.3 is 20.4 Å². The van der Waals surface area contributed by atoms with Gasteiger partial charge in [-0.3, -0.25) is 0 Å². The first-order valence-corrected chi connectivity index (χ1v) is 9.59. The zero-order valence-corrected chi connectivity index (χ0v) is 17.3. The van der Waals surface area contributed by atoms with E-state index in [4.69, 9.17) is 5.26 Å². The first kappa shape index (κ1) is 26.6. The Labute approximate surface area is 167 Å². The van der Waals surface area contributed by atoms with E-state index in [2.05, 4.69) is 0 Å². The number of aryl methyl sites for hydroxylation is 2. The number of hydrogen-bond acceptors (Lipinski definition) is 7. The van der Waals surface area contributed by atoms with E-state index in [1.807, 2.05) is 13.8 Å². The van der Waals surface area contributed by atoms with Gasteiger partial charge < -0.3 is 9.11 Å². The molecule has 0 aromatic heterocycles. The quantitative estimate of drug-likeness (QED) is 0.466. The van der Waals surface area contributed by atoms with Gasteiger partial charge in [-0.2, -0.15) is 5.26 Å². The summed E-state index contributed by atoms with van der Waals surface area (Å²) in [4.78, 5) is -0.355. The molecule has 0 amide bonds. The first-order chi connectivity index (χ1) is 11.4. The molecule has 0 heterocycles. The van der Waals surface area contributed by atoms with Crippen LogP contribution in [-0.4, -0.2) is 25.9 Å². The topological polar surface area (TPSA) is 138 Å². The number of nitrogens with zero attached hydrogens (tertiary/aromatic N) is 1. The van der Waals surface area contributed by atoms with Gasteiger partial charge in [0, 0.05) is 6.92 Å². The van der Waals surface area contributed by atoms with Crippen molar-refractivity contribution in [3.05, 3.63) is 59.7 Å². The van der Waals surface area contributed by atoms with Crippen LogP contribution in [0, 0.1) is 25.2 Å². The molecule has 0 fully saturated rings. The molecule has 0 atom stereocenters. The molecule has 2 rings (SSSR count). The Hall–Kier alpha value is -1.59. The summed E-state index contributed by atoms with van der Waals surface area (Å²) in [5, 5.41) is 7.32. The maximum Gasteiger partial charge on any atom is 2.00 e. The summed E-state index contributed by atoms with van der Waals surface area (Å²) in [6.45, 7) is 5.07. The Balaban J connectivity index is 0. The van der Waals surface area contributed by atoms with Crippen molar-refractivity contribution in [3.8, 4) is 6.07 Å². The maximum absolute atomic E-state index is 10.4. The van der Waals surface area contributed by atoms with Gasteiger partial charge in [0.25, 0.3) is 0 Å². The van der Waals surface area contributed by atoms with Crippen LogP contribution in [0.3, 0.4) is 0 Å². The summed E-state index contributed by atoms with van der Waals surface area (Å²) >= 11 is 0. The normalized spacial score (nSPS) is 10.0. The van der Waals surface area contributed by atoms with Crippen molar-refractivity contribution >= 4 is 20.2 Å². The third-order valence-electron chi connectivity index (χ3n) is 2.62. The third kappa shape index (κ3) is 11.1. The van der Waals surface area contributed by atoms with Crippen LogP contribution in [0.2, 0.25) is 0 Å². The van der Waals surface area contributed by atoms with Gasteiger partial charge in [-0.15, -0.1) is 0 Å². The molecule has 0 radical (unpaired) electrons. The van der Waals surface area contributed by atoms with Gasteiger partial charge in [-0.1, -0.05) is 35.4 Å². The SMILES string of the molecule is CC#N.Cc1ccc(S(=O)(=O)[O-])cc1.Cc1ccc(S(=O)(=O)[O-])cc1.[Pd+2]. The summed E-state index contributed by atoms with van der Waals surface area (Å²) < 4.78 is 62.3. The van der Waals surface area contributed by atoms with E-state index in [0.29, 0.717) is 0 Å². The van der Waals surface area contributed by atoms with Crippen LogP contribution in [0.25, 0.3) is 0 Å². The molecule has 0 bridgehead atoms. The Morgan fingerprint density at radius 3 is 1.08 bits per heavy atom. The van der Waals surface area contributed by atoms with E-state index in [-0.39, 0.29) is 30.2 Å². The van der Waals surface area contributed by atoms with Crippen molar-refractivity contribution in [2.75, 3.05) is 0 Å². The van der Waals surface area contributed by atoms with Crippen molar-refractivity contribution in [1.82, 2.24) is 0 Å². The van der Waals surface area contributed by atoms with Crippen molar-refractivity contribution in [2.45, 2.75) is 30.6 Å². The molecule has 0 saturated heterocycles. The molecular formula is C16H17NO6PdS2. The molecule has 10 heteroatoms. The standard InChI is InChI=1S/2C7H8O3S.C2H3N.Pd/c2*1-6-2-4-7(5-3-6)11(8,9)10;1-2-3;/h2*2-5H,1H3,(H,8,9,10);1H3;/q;;;+2/p-2. The molecule has 2 aromatic carbocycles. The van der Waals surface area contributed by atoms with Gasteiger partial charge in [0.15, 0.2) is 0 Å². The van der Waals surface area contributed by atoms with Crippen molar-refractivity contribution < 1.29 is 46.4 Å². The second kappa shape index (κ2) is 11.9. The van der Waals surface area contributed by atoms with Crippen LogP contribution in [-0.2, 0) is 40.7 Å². The minimum absolute atomic E-state index is 0. The Morgan fingerprint density at radius 1 is 0.731 bits per heavy atom. The van der Waals surface area contributed by atoms with Gasteiger partial charge in [-0.05, 0) is 38.1 Å². The molecular weight excluding hydrogens is 473 g/mol. The minimum atomic E-state index is -4.27. The van der Waals surface area contributed by atoms with E-state index >= 15 is 0 Å². The van der Waals surface area contributed by atoms with Gasteiger partial charge in [0.05, 0.1) is 15.9 Å². The molecule has 0 spiro atoms. The molecule has 0 aliphatic carbocycles. The zero-order chi connectivity index (χ0) is 19.7. The predicted octanol–water partition coefficient (Wildman–Crippen LogP) is 2.33. The molecule has 144 valence electrons. The zero-order valence-electron chi connectivity index (χ0n) is 14.1. The molecule has 2 aromatic rings. The smallest absolute Gasteiger partial charge is 0.744 e. The summed E-state index contributed by atoms with van der Waals surface area (Å²) in [5.41, 5.74) is 1.86. The Kier molecular flexibility index (Phi) is 12.2. The fraction of sp³-hybridized carbons (Fsp3) is 0.188. The number of nitriles is 1. The molecule has 7 nitrogen and oxygen atoms in total. The van der Waals surface area contributed by atoms with Crippen LogP contribution in [0.5, 0.6) is 0 Å². The van der Waals surface area contributed by atoms with E-state index in [1.54, 1.807) is 30.3 Å². The molecule has 0 saturated carbocycles. The summed E-state index contributed by atoms with van der Waals surface area (Å²) in [7, 11) is -8.54. The average molecular weight is 490 g/mol. The van der Waals surface area contributed by atoms with Crippen LogP contribution >= 0.6 is 0 Å². The maximum atomic E-state index is 10.4. The summed E-state index contributed by atoms with van der Waals surface area (Å²) in [6, 6.07) is 13.3. The van der Waals surface area contributed by atoms with Crippen molar-refractivity contribution in [3.63, 3.8) is 0 Å². The first-order valence-electron chi connectivity index (χ1n) is 6.77. The third-order valence-corrected chi connectivity index (χ3v) is 4.32. The van der Waals surface area contributed by atoms with E-state index in [0.717, 1.165) is 11.1 Å². The second-order valence-corrected chi connectivity index (χ2v) is 7.52. The van der Waals surface area contributed by atoms with Crippen molar-refractivity contribution in [2.24, 2.45) is 0 Å². The fourth-order valence-electron chi connectivity index (χ4n) is 1.41. The summed E-state index contributed by atoms with van der Waals surface area (Å²) in [6.07, 6.45) is 0. The van der Waals surface area contributed by atoms with Crippen LogP contribution in [0.1, 0.15) is 18.1 Å². The number of benzene rings is 2. The molecule has 0 unspecified atom stereocenters. The van der Waals surface area contributed by atoms with E-state index < -0.39 is 20.2 Å². The Morgan fingerprint density at radius 2 is 0.923 bits per heavy atom. The minimum Gasteiger partial charge on any atom is -0.744 e. The second-order valence-electron chi connectivity index (χ2n) is 4.76.